The van der Waals surface area contributed by atoms with Gasteiger partial charge in [-0.15, -0.1) is 0 Å². The summed E-state index contributed by atoms with van der Waals surface area (Å²) in [7, 11) is 0. The van der Waals surface area contributed by atoms with Gasteiger partial charge in [0.25, 0.3) is 0 Å². The summed E-state index contributed by atoms with van der Waals surface area (Å²) in [6.07, 6.45) is 11.4. The predicted octanol–water partition coefficient (Wildman–Crippen LogP) is 3.04. The maximum Gasteiger partial charge on any atom is 0.165 e. The molecule has 0 amide bonds. The van der Waals surface area contributed by atoms with Gasteiger partial charge in [0, 0.05) is 30.5 Å². The van der Waals surface area contributed by atoms with Gasteiger partial charge in [0.15, 0.2) is 5.65 Å². The third-order valence-electron chi connectivity index (χ3n) is 4.58. The molecule has 1 aliphatic rings. The first-order chi connectivity index (χ1) is 12.2. The van der Waals surface area contributed by atoms with Gasteiger partial charge in [0.1, 0.15) is 5.82 Å². The molecule has 2 aromatic heterocycles. The molecule has 0 aliphatic carbocycles. The second-order valence-corrected chi connectivity index (χ2v) is 6.29. The average Bonchev–Trinajstić information content (AvgIpc) is 3.07. The maximum atomic E-state index is 8.66. The van der Waals surface area contributed by atoms with Gasteiger partial charge in [-0.1, -0.05) is 18.2 Å². The van der Waals surface area contributed by atoms with E-state index in [1.165, 1.54) is 0 Å². The second-order valence-electron chi connectivity index (χ2n) is 6.29. The number of fused-ring (bicyclic) bond motifs is 1. The highest BCUT2D eigenvalue weighted by Crippen LogP contribution is 2.27. The van der Waals surface area contributed by atoms with Crippen LogP contribution in [0.25, 0.3) is 11.2 Å². The summed E-state index contributed by atoms with van der Waals surface area (Å²) in [5.74, 6) is 1.00. The molecule has 0 aromatic carbocycles. The van der Waals surface area contributed by atoms with Gasteiger partial charge in [-0.25, -0.2) is 4.98 Å². The molecule has 6 nitrogen and oxygen atoms in total. The van der Waals surface area contributed by atoms with E-state index in [-0.39, 0.29) is 0 Å². The lowest BCUT2D eigenvalue weighted by Crippen LogP contribution is -2.29. The van der Waals surface area contributed by atoms with Crippen LogP contribution in [0.15, 0.2) is 30.5 Å². The molecule has 1 unspecified atom stereocenters. The van der Waals surface area contributed by atoms with Gasteiger partial charge in [-0.05, 0) is 38.3 Å². The van der Waals surface area contributed by atoms with E-state index in [9.17, 15) is 0 Å². The third-order valence-corrected chi connectivity index (χ3v) is 4.58. The number of hydrogen-bond acceptors (Lipinski definition) is 5. The van der Waals surface area contributed by atoms with Crippen molar-refractivity contribution in [1.82, 2.24) is 19.9 Å². The van der Waals surface area contributed by atoms with Crippen LogP contribution in [0.1, 0.15) is 49.8 Å². The zero-order valence-corrected chi connectivity index (χ0v) is 14.6. The number of allylic oxidation sites excluding steroid dienone is 4. The molecule has 25 heavy (non-hydrogen) atoms. The number of aromatic nitrogens is 3. The Morgan fingerprint density at radius 3 is 3.16 bits per heavy atom. The van der Waals surface area contributed by atoms with Gasteiger partial charge < -0.3 is 11.1 Å². The fourth-order valence-corrected chi connectivity index (χ4v) is 3.22. The first kappa shape index (κ1) is 17.2. The molecule has 2 aromatic rings. The van der Waals surface area contributed by atoms with E-state index in [2.05, 4.69) is 16.5 Å². The van der Waals surface area contributed by atoms with E-state index in [0.717, 1.165) is 54.8 Å². The Morgan fingerprint density at radius 1 is 1.56 bits per heavy atom. The van der Waals surface area contributed by atoms with Crippen molar-refractivity contribution in [3.05, 3.63) is 41.7 Å². The quantitative estimate of drug-likeness (QED) is 0.647. The number of nitriles is 1. The van der Waals surface area contributed by atoms with E-state index in [4.69, 9.17) is 16.0 Å². The number of nitrogens with two attached hydrogens (primary N) is 1. The van der Waals surface area contributed by atoms with Crippen LogP contribution < -0.4 is 11.1 Å². The summed E-state index contributed by atoms with van der Waals surface area (Å²) in [5, 5.41) is 16.5. The van der Waals surface area contributed by atoms with Crippen LogP contribution in [-0.2, 0) is 0 Å². The molecule has 1 saturated heterocycles. The zero-order chi connectivity index (χ0) is 17.6. The highest BCUT2D eigenvalue weighted by Gasteiger charge is 2.19. The lowest BCUT2D eigenvalue weighted by Gasteiger charge is -2.22. The molecular weight excluding hydrogens is 312 g/mol. The van der Waals surface area contributed by atoms with Crippen molar-refractivity contribution >= 4 is 17.0 Å². The number of nitrogens with one attached hydrogen (secondary N) is 1. The van der Waals surface area contributed by atoms with Crippen LogP contribution in [0, 0.1) is 11.3 Å². The third kappa shape index (κ3) is 3.72. The van der Waals surface area contributed by atoms with Crippen LogP contribution in [0.5, 0.6) is 0 Å². The van der Waals surface area contributed by atoms with Crippen molar-refractivity contribution in [2.45, 2.75) is 38.5 Å². The average molecular weight is 336 g/mol. The van der Waals surface area contributed by atoms with Crippen molar-refractivity contribution in [1.29, 1.82) is 5.26 Å². The summed E-state index contributed by atoms with van der Waals surface area (Å²) < 4.78 is 1.70. The second kappa shape index (κ2) is 7.95. The number of rotatable bonds is 5. The Kier molecular flexibility index (Phi) is 5.46. The van der Waals surface area contributed by atoms with Crippen molar-refractivity contribution in [3.8, 4) is 6.07 Å². The molecule has 1 atom stereocenters. The minimum absolute atomic E-state index is 0.393. The number of piperidine rings is 1. The Morgan fingerprint density at radius 2 is 2.44 bits per heavy atom. The molecule has 3 heterocycles. The van der Waals surface area contributed by atoms with Crippen LogP contribution in [-0.4, -0.2) is 27.7 Å². The normalized spacial score (nSPS) is 18.7. The van der Waals surface area contributed by atoms with Crippen LogP contribution in [0.4, 0.5) is 5.82 Å². The number of hydrogen-bond donors (Lipinski definition) is 2. The molecule has 6 heteroatoms. The highest BCUT2D eigenvalue weighted by molar-refractivity contribution is 5.82. The van der Waals surface area contributed by atoms with Gasteiger partial charge in [0.2, 0.25) is 0 Å². The molecule has 1 aliphatic heterocycles. The van der Waals surface area contributed by atoms with Gasteiger partial charge in [-0.2, -0.15) is 14.9 Å². The Balaban J connectivity index is 1.97. The van der Waals surface area contributed by atoms with Crippen LogP contribution in [0.3, 0.4) is 0 Å². The summed E-state index contributed by atoms with van der Waals surface area (Å²) in [6, 6.07) is 4.10. The fraction of sp³-hybridized carbons (Fsp3) is 0.421. The Labute approximate surface area is 148 Å². The topological polar surface area (TPSA) is 92.0 Å². The minimum Gasteiger partial charge on any atom is -0.384 e. The minimum atomic E-state index is 0.393. The van der Waals surface area contributed by atoms with E-state index in [0.29, 0.717) is 18.2 Å². The van der Waals surface area contributed by atoms with Gasteiger partial charge >= 0.3 is 0 Å². The standard InChI is InChI=1S/C19H24N6/c1-2-14(7-4-3-5-9-20)16-13-23-25-18(21)11-17(24-19(16)25)15-8-6-10-22-12-15/h2,4,7,11,13,15,22H,3,5-6,8,10,12,21H2,1H3/b7-4-,14-2+. The number of nitrogens with zero attached hydrogens (tertiary/aromatic N) is 4. The molecule has 3 N–H and O–H groups in total. The van der Waals surface area contributed by atoms with E-state index in [1.54, 1.807) is 4.52 Å². The maximum absolute atomic E-state index is 8.66. The van der Waals surface area contributed by atoms with E-state index >= 15 is 0 Å². The summed E-state index contributed by atoms with van der Waals surface area (Å²) in [5.41, 5.74) is 10.1. The lowest BCUT2D eigenvalue weighted by atomic mass is 9.96. The fourth-order valence-electron chi connectivity index (χ4n) is 3.22. The highest BCUT2D eigenvalue weighted by atomic mass is 15.3. The van der Waals surface area contributed by atoms with Gasteiger partial charge in [-0.3, -0.25) is 0 Å². The van der Waals surface area contributed by atoms with Gasteiger partial charge in [0.05, 0.1) is 18.0 Å². The summed E-state index contributed by atoms with van der Waals surface area (Å²) in [6.45, 7) is 4.00. The van der Waals surface area contributed by atoms with Crippen molar-refractivity contribution in [2.24, 2.45) is 0 Å². The largest absolute Gasteiger partial charge is 0.384 e. The Bertz CT molecular complexity index is 833. The monoisotopic (exact) mass is 336 g/mol. The molecular formula is C19H24N6. The molecule has 130 valence electrons. The molecule has 0 radical (unpaired) electrons. The number of nitrogen functional groups attached to an aromatic ring is 1. The first-order valence-corrected chi connectivity index (χ1v) is 8.79. The van der Waals surface area contributed by atoms with Crippen molar-refractivity contribution < 1.29 is 0 Å². The SMILES string of the molecule is C/C=C(\C=C/CCC#N)c1cnn2c(N)cc(C3CCCNC3)nc12. The molecule has 0 bridgehead atoms. The van der Waals surface area contributed by atoms with E-state index in [1.807, 2.05) is 37.4 Å². The Hall–Kier alpha value is -2.65. The van der Waals surface area contributed by atoms with Crippen molar-refractivity contribution in [2.75, 3.05) is 18.8 Å². The first-order valence-electron chi connectivity index (χ1n) is 8.79. The summed E-state index contributed by atoms with van der Waals surface area (Å²) >= 11 is 0. The van der Waals surface area contributed by atoms with Crippen LogP contribution in [0.2, 0.25) is 0 Å². The summed E-state index contributed by atoms with van der Waals surface area (Å²) in [4.78, 5) is 4.89. The zero-order valence-electron chi connectivity index (χ0n) is 14.6. The molecule has 0 saturated carbocycles. The molecule has 0 spiro atoms. The number of unbranched alkanes of at least 4 members (excludes halogenated alkanes) is 1. The van der Waals surface area contributed by atoms with Crippen molar-refractivity contribution in [3.63, 3.8) is 0 Å². The lowest BCUT2D eigenvalue weighted by molar-refractivity contribution is 0.455. The molecule has 3 rings (SSSR count). The predicted molar refractivity (Wildman–Crippen MR) is 99.9 cm³/mol. The van der Waals surface area contributed by atoms with E-state index < -0.39 is 0 Å². The smallest absolute Gasteiger partial charge is 0.165 e. The van der Waals surface area contributed by atoms with Crippen LogP contribution >= 0.6 is 0 Å². The molecule has 1 fully saturated rings. The number of anilines is 1.